The standard InChI is InChI=1S/C22H20N4O6S2/c1-30-19-13-15(8-9-18(19)32-11-10-31-17-6-4-3-5-7-17)12-16(14-23)20(27)24-21-25-22(26-33-21)34(2,28)29/h3-9,12-13H,10-11H2,1-2H3,(H,24,25,26,27)/b16-12-. The summed E-state index contributed by atoms with van der Waals surface area (Å²) in [6.07, 6.45) is 2.32. The predicted molar refractivity (Wildman–Crippen MR) is 126 cm³/mol. The lowest BCUT2D eigenvalue weighted by molar-refractivity contribution is -0.112. The molecule has 0 radical (unpaired) electrons. The fourth-order valence-corrected chi connectivity index (χ4v) is 4.05. The molecule has 1 amide bonds. The molecule has 0 fully saturated rings. The third kappa shape index (κ3) is 6.77. The van der Waals surface area contributed by atoms with E-state index < -0.39 is 20.9 Å². The molecular weight excluding hydrogens is 480 g/mol. The zero-order chi connectivity index (χ0) is 24.6. The average Bonchev–Trinajstić information content (AvgIpc) is 3.30. The van der Waals surface area contributed by atoms with Crippen LogP contribution in [0.5, 0.6) is 17.2 Å². The van der Waals surface area contributed by atoms with Crippen LogP contribution in [0, 0.1) is 11.3 Å². The largest absolute Gasteiger partial charge is 0.493 e. The molecule has 12 heteroatoms. The van der Waals surface area contributed by atoms with Gasteiger partial charge in [0.1, 0.15) is 30.6 Å². The maximum absolute atomic E-state index is 12.4. The monoisotopic (exact) mass is 500 g/mol. The Kier molecular flexibility index (Phi) is 8.18. The summed E-state index contributed by atoms with van der Waals surface area (Å²) < 4.78 is 43.3. The number of ether oxygens (including phenoxy) is 3. The van der Waals surface area contributed by atoms with E-state index in [1.54, 1.807) is 18.2 Å². The Labute approximate surface area is 200 Å². The zero-order valence-corrected chi connectivity index (χ0v) is 19.9. The van der Waals surface area contributed by atoms with Crippen LogP contribution < -0.4 is 19.5 Å². The number of nitriles is 1. The molecule has 0 spiro atoms. The quantitative estimate of drug-likeness (QED) is 0.253. The van der Waals surface area contributed by atoms with E-state index in [9.17, 15) is 18.5 Å². The number of nitrogens with one attached hydrogen (secondary N) is 1. The maximum Gasteiger partial charge on any atom is 0.268 e. The number of carbonyl (C=O) groups excluding carboxylic acids is 1. The number of nitrogens with zero attached hydrogens (tertiary/aromatic N) is 3. The van der Waals surface area contributed by atoms with Gasteiger partial charge in [0.2, 0.25) is 15.0 Å². The van der Waals surface area contributed by atoms with Crippen molar-refractivity contribution in [1.82, 2.24) is 9.36 Å². The molecule has 0 saturated carbocycles. The van der Waals surface area contributed by atoms with Crippen LogP contribution >= 0.6 is 11.5 Å². The van der Waals surface area contributed by atoms with Crippen molar-refractivity contribution in [3.8, 4) is 23.3 Å². The highest BCUT2D eigenvalue weighted by Crippen LogP contribution is 2.29. The van der Waals surface area contributed by atoms with Gasteiger partial charge < -0.3 is 14.2 Å². The van der Waals surface area contributed by atoms with Crippen molar-refractivity contribution in [2.75, 3.05) is 31.9 Å². The van der Waals surface area contributed by atoms with Gasteiger partial charge in [-0.3, -0.25) is 10.1 Å². The molecule has 3 rings (SSSR count). The molecule has 0 atom stereocenters. The van der Waals surface area contributed by atoms with E-state index in [4.69, 9.17) is 14.2 Å². The van der Waals surface area contributed by atoms with Gasteiger partial charge in [-0.05, 0) is 35.9 Å². The van der Waals surface area contributed by atoms with E-state index in [1.807, 2.05) is 36.4 Å². The second-order valence-corrected chi connectivity index (χ2v) is 9.36. The summed E-state index contributed by atoms with van der Waals surface area (Å²) in [6.45, 7) is 0.615. The van der Waals surface area contributed by atoms with Crippen molar-refractivity contribution < 1.29 is 27.4 Å². The molecule has 1 heterocycles. The minimum Gasteiger partial charge on any atom is -0.493 e. The van der Waals surface area contributed by atoms with E-state index in [-0.39, 0.29) is 17.3 Å². The lowest BCUT2D eigenvalue weighted by Crippen LogP contribution is -2.13. The molecule has 10 nitrogen and oxygen atoms in total. The van der Waals surface area contributed by atoms with Crippen molar-refractivity contribution in [3.05, 3.63) is 59.7 Å². The number of rotatable bonds is 10. The molecule has 0 aliphatic heterocycles. The summed E-state index contributed by atoms with van der Waals surface area (Å²) in [5.74, 6) is 0.868. The first-order chi connectivity index (χ1) is 16.3. The Hall–Kier alpha value is -3.95. The fraction of sp³-hybridized carbons (Fsp3) is 0.182. The number of aromatic nitrogens is 2. The minimum absolute atomic E-state index is 0.0365. The van der Waals surface area contributed by atoms with Crippen LogP contribution in [0.3, 0.4) is 0 Å². The summed E-state index contributed by atoms with van der Waals surface area (Å²) >= 11 is 0.699. The third-order valence-electron chi connectivity index (χ3n) is 4.18. The van der Waals surface area contributed by atoms with Crippen molar-refractivity contribution in [1.29, 1.82) is 5.26 Å². The van der Waals surface area contributed by atoms with Gasteiger partial charge in [0.25, 0.3) is 11.1 Å². The van der Waals surface area contributed by atoms with E-state index >= 15 is 0 Å². The Bertz CT molecular complexity index is 1330. The van der Waals surface area contributed by atoms with E-state index in [0.717, 1.165) is 12.0 Å². The van der Waals surface area contributed by atoms with Gasteiger partial charge in [-0.15, -0.1) is 0 Å². The van der Waals surface area contributed by atoms with Crippen LogP contribution in [-0.4, -0.2) is 50.3 Å². The van der Waals surface area contributed by atoms with Gasteiger partial charge in [0, 0.05) is 17.8 Å². The number of para-hydroxylation sites is 1. The smallest absolute Gasteiger partial charge is 0.268 e. The lowest BCUT2D eigenvalue weighted by atomic mass is 10.1. The molecule has 2 aromatic carbocycles. The third-order valence-corrected chi connectivity index (χ3v) is 5.77. The van der Waals surface area contributed by atoms with Gasteiger partial charge in [-0.2, -0.15) is 14.6 Å². The molecule has 176 valence electrons. The van der Waals surface area contributed by atoms with Crippen molar-refractivity contribution in [3.63, 3.8) is 0 Å². The molecule has 0 bridgehead atoms. The van der Waals surface area contributed by atoms with Crippen molar-refractivity contribution >= 4 is 38.5 Å². The molecule has 0 unspecified atom stereocenters. The Morgan fingerprint density at radius 3 is 2.53 bits per heavy atom. The number of sulfone groups is 1. The molecule has 1 aromatic heterocycles. The number of hydrogen-bond donors (Lipinski definition) is 1. The fourth-order valence-electron chi connectivity index (χ4n) is 2.61. The molecule has 3 aromatic rings. The summed E-state index contributed by atoms with van der Waals surface area (Å²) in [5, 5.41) is 11.4. The highest BCUT2D eigenvalue weighted by molar-refractivity contribution is 7.90. The summed E-state index contributed by atoms with van der Waals surface area (Å²) in [6, 6.07) is 16.1. The molecule has 0 saturated heterocycles. The second kappa shape index (κ2) is 11.3. The Balaban J connectivity index is 1.65. The van der Waals surface area contributed by atoms with Crippen LogP contribution in [0.15, 0.2) is 59.3 Å². The predicted octanol–water partition coefficient (Wildman–Crippen LogP) is 2.95. The van der Waals surface area contributed by atoms with Gasteiger partial charge in [0.15, 0.2) is 11.5 Å². The summed E-state index contributed by atoms with van der Waals surface area (Å²) in [7, 11) is -2.13. The summed E-state index contributed by atoms with van der Waals surface area (Å²) in [5.41, 5.74) is 0.300. The van der Waals surface area contributed by atoms with Gasteiger partial charge in [0.05, 0.1) is 7.11 Å². The van der Waals surface area contributed by atoms with Gasteiger partial charge in [-0.25, -0.2) is 8.42 Å². The average molecular weight is 501 g/mol. The summed E-state index contributed by atoms with van der Waals surface area (Å²) in [4.78, 5) is 16.2. The number of benzene rings is 2. The molecule has 0 aliphatic rings. The molecule has 1 N–H and O–H groups in total. The number of methoxy groups -OCH3 is 1. The zero-order valence-electron chi connectivity index (χ0n) is 18.2. The molecule has 0 aliphatic carbocycles. The highest BCUT2D eigenvalue weighted by Gasteiger charge is 2.17. The van der Waals surface area contributed by atoms with Crippen molar-refractivity contribution in [2.24, 2.45) is 0 Å². The minimum atomic E-state index is -3.60. The van der Waals surface area contributed by atoms with E-state index in [2.05, 4.69) is 14.7 Å². The van der Waals surface area contributed by atoms with Gasteiger partial charge >= 0.3 is 0 Å². The lowest BCUT2D eigenvalue weighted by Gasteiger charge is -2.12. The number of hydrogen-bond acceptors (Lipinski definition) is 10. The second-order valence-electron chi connectivity index (χ2n) is 6.70. The normalized spacial score (nSPS) is 11.4. The number of amides is 1. The number of carbonyl (C=O) groups is 1. The van der Waals surface area contributed by atoms with Crippen LogP contribution in [0.1, 0.15) is 5.56 Å². The topological polar surface area (TPSA) is 140 Å². The van der Waals surface area contributed by atoms with Crippen LogP contribution in [0.25, 0.3) is 6.08 Å². The van der Waals surface area contributed by atoms with E-state index in [0.29, 0.717) is 35.2 Å². The van der Waals surface area contributed by atoms with Crippen LogP contribution in [0.4, 0.5) is 5.13 Å². The first kappa shape index (κ1) is 24.7. The highest BCUT2D eigenvalue weighted by atomic mass is 32.2. The van der Waals surface area contributed by atoms with Gasteiger partial charge in [-0.1, -0.05) is 24.3 Å². The molecular formula is C22H20N4O6S2. The van der Waals surface area contributed by atoms with Crippen LogP contribution in [0.2, 0.25) is 0 Å². The van der Waals surface area contributed by atoms with E-state index in [1.165, 1.54) is 13.2 Å². The first-order valence-corrected chi connectivity index (χ1v) is 12.4. The van der Waals surface area contributed by atoms with Crippen molar-refractivity contribution in [2.45, 2.75) is 5.16 Å². The Morgan fingerprint density at radius 2 is 1.88 bits per heavy atom. The number of anilines is 1. The SMILES string of the molecule is COc1cc(/C=C(/C#N)C(=O)Nc2nc(S(C)(=O)=O)ns2)ccc1OCCOc1ccccc1. The molecule has 34 heavy (non-hydrogen) atoms. The van der Waals surface area contributed by atoms with Crippen LogP contribution in [-0.2, 0) is 14.6 Å². The Morgan fingerprint density at radius 1 is 1.15 bits per heavy atom. The first-order valence-electron chi connectivity index (χ1n) is 9.75. The maximum atomic E-state index is 12.4.